The van der Waals surface area contributed by atoms with E-state index in [1.807, 2.05) is 12.2 Å². The van der Waals surface area contributed by atoms with E-state index in [0.717, 1.165) is 26.2 Å². The zero-order valence-corrected chi connectivity index (χ0v) is 21.2. The third-order valence-electron chi connectivity index (χ3n) is 3.93. The summed E-state index contributed by atoms with van der Waals surface area (Å²) >= 11 is 0. The summed E-state index contributed by atoms with van der Waals surface area (Å²) < 4.78 is 127. The summed E-state index contributed by atoms with van der Waals surface area (Å²) in [6.07, 6.45) is 16.3. The molecule has 0 aliphatic rings. The van der Waals surface area contributed by atoms with Crippen LogP contribution in [-0.4, -0.2) is 9.13 Å². The monoisotopic (exact) mass is 610 g/mol. The Balaban J connectivity index is 0.000000426. The Hall–Kier alpha value is -2.86. The van der Waals surface area contributed by atoms with E-state index < -0.39 is 15.6 Å². The van der Waals surface area contributed by atoms with Crippen molar-refractivity contribution < 1.29 is 59.5 Å². The van der Waals surface area contributed by atoms with E-state index in [1.165, 1.54) is 11.1 Å². The molecule has 3 aromatic rings. The van der Waals surface area contributed by atoms with Crippen LogP contribution >= 0.6 is 15.6 Å². The Kier molecular flexibility index (Phi) is 8.76. The summed E-state index contributed by atoms with van der Waals surface area (Å²) in [7, 11) is -21.3. The Morgan fingerprint density at radius 1 is 0.579 bits per heavy atom. The van der Waals surface area contributed by atoms with Crippen molar-refractivity contribution in [3.63, 3.8) is 0 Å². The number of nitrogens with zero attached hydrogens (tertiary/aromatic N) is 4. The first-order valence-corrected chi connectivity index (χ1v) is 14.2. The molecule has 0 unspecified atom stereocenters. The van der Waals surface area contributed by atoms with Gasteiger partial charge in [-0.15, -0.1) is 0 Å². The third-order valence-corrected chi connectivity index (χ3v) is 3.93. The summed E-state index contributed by atoms with van der Waals surface area (Å²) in [6, 6.07) is 8.81. The molecule has 0 N–H and O–H groups in total. The van der Waals surface area contributed by atoms with Gasteiger partial charge in [0.1, 0.15) is 51.0 Å². The fraction of sp³-hybridized carbons (Fsp3) is 0.200. The van der Waals surface area contributed by atoms with Gasteiger partial charge < -0.3 is 0 Å². The SMILES string of the molecule is C=CCn1cc[n+](Cc2ccc(C[n+]3ccn(CC=C)c3)cc2)c1.F[P-](F)(F)(F)(F)F.F[P-](F)(F)(F)(F)F. The zero-order valence-electron chi connectivity index (χ0n) is 19.4. The summed E-state index contributed by atoms with van der Waals surface area (Å²) in [5, 5.41) is 0. The van der Waals surface area contributed by atoms with Crippen molar-refractivity contribution in [3.8, 4) is 0 Å². The van der Waals surface area contributed by atoms with Crippen LogP contribution in [0.5, 0.6) is 0 Å². The standard InChI is InChI=1S/C20H24N4.2F6P/c1-3-9-21-11-13-23(17-21)15-19-5-7-20(8-6-19)16-24-14-12-22(18-24)10-4-2;2*1-7(2,3,4,5)6/h3-8,11-14,17-18H,1-2,9-10,15-16H2;;/q+2;2*-1. The number of rotatable bonds is 8. The summed E-state index contributed by atoms with van der Waals surface area (Å²) in [5.41, 5.74) is 2.60. The fourth-order valence-corrected chi connectivity index (χ4v) is 2.75. The van der Waals surface area contributed by atoms with Crippen molar-refractivity contribution in [1.82, 2.24) is 9.13 Å². The maximum absolute atomic E-state index is 10.7. The topological polar surface area (TPSA) is 17.6 Å². The van der Waals surface area contributed by atoms with Crippen LogP contribution in [0.4, 0.5) is 50.4 Å². The molecule has 0 atom stereocenters. The molecule has 4 nitrogen and oxygen atoms in total. The molecule has 1 aromatic carbocycles. The normalized spacial score (nSPS) is 15.3. The van der Waals surface area contributed by atoms with Gasteiger partial charge in [0.2, 0.25) is 12.7 Å². The van der Waals surface area contributed by atoms with E-state index in [1.54, 1.807) is 0 Å². The molecule has 0 aliphatic heterocycles. The molecule has 218 valence electrons. The van der Waals surface area contributed by atoms with E-state index >= 15 is 0 Å². The Bertz CT molecular complexity index is 1110. The van der Waals surface area contributed by atoms with Crippen molar-refractivity contribution in [2.75, 3.05) is 0 Å². The van der Waals surface area contributed by atoms with Crippen LogP contribution in [0.1, 0.15) is 11.1 Å². The maximum atomic E-state index is 9.87. The van der Waals surface area contributed by atoms with Crippen LogP contribution in [0, 0.1) is 0 Å². The Labute approximate surface area is 209 Å². The summed E-state index contributed by atoms with van der Waals surface area (Å²) in [5.74, 6) is 0. The Morgan fingerprint density at radius 3 is 1.08 bits per heavy atom. The first kappa shape index (κ1) is 33.2. The molecule has 38 heavy (non-hydrogen) atoms. The number of hydrogen-bond donors (Lipinski definition) is 0. The number of imidazole rings is 2. The van der Waals surface area contributed by atoms with E-state index in [-0.39, 0.29) is 0 Å². The molecular formula is C20H24F12N4P2. The molecule has 0 spiro atoms. The van der Waals surface area contributed by atoms with E-state index in [4.69, 9.17) is 0 Å². The molecule has 18 heteroatoms. The van der Waals surface area contributed by atoms with Crippen LogP contribution < -0.4 is 9.13 Å². The second-order valence-electron chi connectivity index (χ2n) is 7.88. The van der Waals surface area contributed by atoms with Gasteiger partial charge in [-0.1, -0.05) is 49.6 Å². The first-order chi connectivity index (χ1) is 16.7. The van der Waals surface area contributed by atoms with Crippen molar-refractivity contribution >= 4 is 15.6 Å². The second-order valence-corrected chi connectivity index (χ2v) is 11.7. The van der Waals surface area contributed by atoms with E-state index in [2.05, 4.69) is 93.1 Å². The molecule has 0 saturated heterocycles. The van der Waals surface area contributed by atoms with Crippen LogP contribution in [-0.2, 0) is 26.2 Å². The molecule has 0 radical (unpaired) electrons. The predicted octanol–water partition coefficient (Wildman–Crippen LogP) is 9.10. The van der Waals surface area contributed by atoms with Crippen LogP contribution in [0.3, 0.4) is 0 Å². The van der Waals surface area contributed by atoms with Gasteiger partial charge in [-0.25, -0.2) is 18.3 Å². The van der Waals surface area contributed by atoms with Crippen molar-refractivity contribution in [3.05, 3.63) is 98.1 Å². The number of aromatic nitrogens is 4. The molecule has 0 fully saturated rings. The number of benzene rings is 1. The molecule has 2 aromatic heterocycles. The molecule has 2 heterocycles. The Morgan fingerprint density at radius 2 is 0.842 bits per heavy atom. The average Bonchev–Trinajstić information content (AvgIpc) is 3.28. The van der Waals surface area contributed by atoms with Crippen LogP contribution in [0.15, 0.2) is 87.0 Å². The predicted molar refractivity (Wildman–Crippen MR) is 121 cm³/mol. The molecule has 0 amide bonds. The van der Waals surface area contributed by atoms with Gasteiger partial charge in [-0.3, -0.25) is 0 Å². The molecule has 0 aliphatic carbocycles. The minimum absolute atomic E-state index is 0.842. The van der Waals surface area contributed by atoms with Gasteiger partial charge in [0, 0.05) is 0 Å². The fourth-order valence-electron chi connectivity index (χ4n) is 2.75. The van der Waals surface area contributed by atoms with Crippen LogP contribution in [0.2, 0.25) is 0 Å². The third kappa shape index (κ3) is 22.3. The summed E-state index contributed by atoms with van der Waals surface area (Å²) in [4.78, 5) is 0. The van der Waals surface area contributed by atoms with E-state index in [0.29, 0.717) is 0 Å². The first-order valence-electron chi connectivity index (χ1n) is 10.2. The van der Waals surface area contributed by atoms with E-state index in [9.17, 15) is 50.4 Å². The van der Waals surface area contributed by atoms with Crippen molar-refractivity contribution in [2.45, 2.75) is 26.2 Å². The number of hydrogen-bond acceptors (Lipinski definition) is 0. The van der Waals surface area contributed by atoms with Crippen molar-refractivity contribution in [1.29, 1.82) is 0 Å². The van der Waals surface area contributed by atoms with Gasteiger partial charge in [-0.05, 0) is 11.1 Å². The van der Waals surface area contributed by atoms with Gasteiger partial charge in [0.05, 0.1) is 0 Å². The molecule has 3 rings (SSSR count). The van der Waals surface area contributed by atoms with Crippen molar-refractivity contribution in [2.24, 2.45) is 0 Å². The molecule has 0 saturated carbocycles. The average molecular weight is 610 g/mol. The van der Waals surface area contributed by atoms with Crippen LogP contribution in [0.25, 0.3) is 0 Å². The zero-order chi connectivity index (χ0) is 29.6. The quantitative estimate of drug-likeness (QED) is 0.105. The minimum atomic E-state index is -10.7. The molecular weight excluding hydrogens is 586 g/mol. The van der Waals surface area contributed by atoms with Gasteiger partial charge in [0.15, 0.2) is 0 Å². The van der Waals surface area contributed by atoms with Gasteiger partial charge in [0.25, 0.3) is 0 Å². The number of allylic oxidation sites excluding steroid dienone is 2. The molecule has 0 bridgehead atoms. The number of halogens is 12. The van der Waals surface area contributed by atoms with Gasteiger partial charge >= 0.3 is 66.0 Å². The van der Waals surface area contributed by atoms with Gasteiger partial charge in [-0.2, -0.15) is 0 Å². The second kappa shape index (κ2) is 10.0. The summed E-state index contributed by atoms with van der Waals surface area (Å²) in [6.45, 7) is 11.0.